The van der Waals surface area contributed by atoms with Gasteiger partial charge in [-0.3, -0.25) is 0 Å². The van der Waals surface area contributed by atoms with E-state index in [9.17, 15) is 4.39 Å². The summed E-state index contributed by atoms with van der Waals surface area (Å²) >= 11 is 0. The van der Waals surface area contributed by atoms with Crippen LogP contribution in [0.4, 0.5) is 10.1 Å². The first-order chi connectivity index (χ1) is 9.26. The summed E-state index contributed by atoms with van der Waals surface area (Å²) < 4.78 is 18.6. The van der Waals surface area contributed by atoms with E-state index in [2.05, 4.69) is 10.1 Å². The summed E-state index contributed by atoms with van der Waals surface area (Å²) in [6, 6.07) is 10.4. The second-order valence-electron chi connectivity index (χ2n) is 3.98. The highest BCUT2D eigenvalue weighted by Gasteiger charge is 2.07. The molecule has 0 aliphatic carbocycles. The maximum atomic E-state index is 12.2. The van der Waals surface area contributed by atoms with Crippen LogP contribution in [-0.4, -0.2) is 21.5 Å². The Morgan fingerprint density at radius 1 is 1.26 bits per heavy atom. The van der Waals surface area contributed by atoms with E-state index in [4.69, 9.17) is 10.5 Å². The Bertz CT molecular complexity index is 725. The van der Waals surface area contributed by atoms with Gasteiger partial charge in [0, 0.05) is 23.5 Å². The number of rotatable bonds is 3. The molecule has 0 unspecified atom stereocenters. The Balaban J connectivity index is 2.05. The maximum Gasteiger partial charge on any atom is 0.228 e. The number of fused-ring (bicyclic) bond motifs is 1. The van der Waals surface area contributed by atoms with E-state index in [1.807, 2.05) is 6.07 Å². The van der Waals surface area contributed by atoms with Crippen LogP contribution in [0.5, 0.6) is 5.75 Å². The van der Waals surface area contributed by atoms with Gasteiger partial charge in [-0.1, -0.05) is 12.1 Å². The molecule has 0 radical (unpaired) electrons. The Kier molecular flexibility index (Phi) is 2.75. The predicted molar refractivity (Wildman–Crippen MR) is 69.4 cm³/mol. The summed E-state index contributed by atoms with van der Waals surface area (Å²) in [5.74, 6) is 0.980. The lowest BCUT2D eigenvalue weighted by atomic mass is 10.2. The van der Waals surface area contributed by atoms with Gasteiger partial charge in [-0.15, -0.1) is 5.10 Å². The topological polar surface area (TPSA) is 65.4 Å². The second kappa shape index (κ2) is 4.56. The zero-order valence-corrected chi connectivity index (χ0v) is 9.95. The van der Waals surface area contributed by atoms with Crippen molar-refractivity contribution in [3.63, 3.8) is 0 Å². The fourth-order valence-corrected chi connectivity index (χ4v) is 1.81. The van der Waals surface area contributed by atoms with Gasteiger partial charge in [0.1, 0.15) is 5.75 Å². The van der Waals surface area contributed by atoms with Crippen LogP contribution in [0.3, 0.4) is 0 Å². The zero-order valence-electron chi connectivity index (χ0n) is 9.95. The van der Waals surface area contributed by atoms with Crippen LogP contribution >= 0.6 is 0 Å². The molecule has 0 spiro atoms. The second-order valence-corrected chi connectivity index (χ2v) is 3.98. The van der Waals surface area contributed by atoms with Crippen LogP contribution < -0.4 is 10.5 Å². The third kappa shape index (κ3) is 2.20. The number of hydrogen-bond acceptors (Lipinski definition) is 4. The van der Waals surface area contributed by atoms with Gasteiger partial charge >= 0.3 is 0 Å². The van der Waals surface area contributed by atoms with Gasteiger partial charge < -0.3 is 10.5 Å². The van der Waals surface area contributed by atoms with E-state index >= 15 is 0 Å². The molecule has 1 aromatic carbocycles. The maximum absolute atomic E-state index is 12.2. The lowest BCUT2D eigenvalue weighted by molar-refractivity contribution is 0.192. The lowest BCUT2D eigenvalue weighted by Gasteiger charge is -2.01. The summed E-state index contributed by atoms with van der Waals surface area (Å²) in [5.41, 5.74) is 7.74. The summed E-state index contributed by atoms with van der Waals surface area (Å²) in [6.45, 7) is -0.863. The molecular weight excluding hydrogens is 247 g/mol. The minimum absolute atomic E-state index is 0.443. The van der Waals surface area contributed by atoms with Crippen LogP contribution in [0.1, 0.15) is 0 Å². The predicted octanol–water partition coefficient (Wildman–Crippen LogP) is 2.28. The molecule has 0 fully saturated rings. The summed E-state index contributed by atoms with van der Waals surface area (Å²) in [7, 11) is 0. The highest BCUT2D eigenvalue weighted by atomic mass is 19.1. The molecule has 2 N–H and O–H groups in total. The molecule has 3 aromatic rings. The largest absolute Gasteiger partial charge is 0.463 e. The smallest absolute Gasteiger partial charge is 0.228 e. The molecule has 3 rings (SSSR count). The SMILES string of the molecule is Nc1ccn2nc(-c3cccc(OCF)c3)nc2c1. The fraction of sp³-hybridized carbons (Fsp3) is 0.0769. The highest BCUT2D eigenvalue weighted by molar-refractivity contribution is 5.61. The van der Waals surface area contributed by atoms with Crippen LogP contribution in [-0.2, 0) is 0 Å². The molecule has 2 heterocycles. The number of aromatic nitrogens is 3. The number of anilines is 1. The van der Waals surface area contributed by atoms with Crippen LogP contribution in [0, 0.1) is 0 Å². The van der Waals surface area contributed by atoms with E-state index < -0.39 is 6.86 Å². The first kappa shape index (κ1) is 11.5. The molecule has 19 heavy (non-hydrogen) atoms. The van der Waals surface area contributed by atoms with Crippen molar-refractivity contribution in [3.8, 4) is 17.1 Å². The Labute approximate surface area is 108 Å². The molecular formula is C13H11FN4O. The van der Waals surface area contributed by atoms with Crippen LogP contribution in [0.15, 0.2) is 42.6 Å². The minimum atomic E-state index is -0.863. The molecule has 0 bridgehead atoms. The van der Waals surface area contributed by atoms with E-state index in [0.29, 0.717) is 22.9 Å². The average molecular weight is 258 g/mol. The average Bonchev–Trinajstić information content (AvgIpc) is 2.82. The van der Waals surface area contributed by atoms with Crippen molar-refractivity contribution in [1.82, 2.24) is 14.6 Å². The van der Waals surface area contributed by atoms with E-state index in [-0.39, 0.29) is 0 Å². The molecule has 6 heteroatoms. The number of pyridine rings is 1. The van der Waals surface area contributed by atoms with Crippen molar-refractivity contribution in [2.75, 3.05) is 12.6 Å². The standard InChI is InChI=1S/C13H11FN4O/c14-8-19-11-3-1-2-9(6-11)13-16-12-7-10(15)4-5-18(12)17-13/h1-7H,8,15H2. The summed E-state index contributed by atoms with van der Waals surface area (Å²) in [6.07, 6.45) is 1.74. The molecule has 0 saturated heterocycles. The van der Waals surface area contributed by atoms with Crippen molar-refractivity contribution < 1.29 is 9.13 Å². The molecule has 96 valence electrons. The van der Waals surface area contributed by atoms with Crippen molar-refractivity contribution in [2.24, 2.45) is 0 Å². The lowest BCUT2D eigenvalue weighted by Crippen LogP contribution is -1.91. The number of hydrogen-bond donors (Lipinski definition) is 1. The third-order valence-corrected chi connectivity index (χ3v) is 2.68. The summed E-state index contributed by atoms with van der Waals surface area (Å²) in [5, 5.41) is 4.33. The molecule has 5 nitrogen and oxygen atoms in total. The van der Waals surface area contributed by atoms with Crippen molar-refractivity contribution in [2.45, 2.75) is 0 Å². The number of nitrogen functional groups attached to an aromatic ring is 1. The number of halogens is 1. The van der Waals surface area contributed by atoms with Crippen molar-refractivity contribution >= 4 is 11.3 Å². The zero-order chi connectivity index (χ0) is 13.2. The van der Waals surface area contributed by atoms with Crippen LogP contribution in [0.25, 0.3) is 17.0 Å². The monoisotopic (exact) mass is 258 g/mol. The number of alkyl halides is 1. The van der Waals surface area contributed by atoms with Gasteiger partial charge in [0.15, 0.2) is 11.5 Å². The number of ether oxygens (including phenoxy) is 1. The molecule has 0 aliphatic rings. The van der Waals surface area contributed by atoms with Crippen LogP contribution in [0.2, 0.25) is 0 Å². The Hall–Kier alpha value is -2.63. The van der Waals surface area contributed by atoms with Gasteiger partial charge in [0.2, 0.25) is 6.86 Å². The molecule has 0 saturated carbocycles. The van der Waals surface area contributed by atoms with E-state index in [0.717, 1.165) is 5.56 Å². The molecule has 2 aromatic heterocycles. The first-order valence-corrected chi connectivity index (χ1v) is 5.67. The van der Waals surface area contributed by atoms with E-state index in [1.54, 1.807) is 41.0 Å². The number of nitrogens with zero attached hydrogens (tertiary/aromatic N) is 3. The number of benzene rings is 1. The third-order valence-electron chi connectivity index (χ3n) is 2.68. The Morgan fingerprint density at radius 2 is 2.16 bits per heavy atom. The minimum Gasteiger partial charge on any atom is -0.463 e. The fourth-order valence-electron chi connectivity index (χ4n) is 1.81. The quantitative estimate of drug-likeness (QED) is 0.782. The number of nitrogens with two attached hydrogens (primary N) is 1. The van der Waals surface area contributed by atoms with Crippen molar-refractivity contribution in [3.05, 3.63) is 42.6 Å². The summed E-state index contributed by atoms with van der Waals surface area (Å²) in [4.78, 5) is 4.37. The van der Waals surface area contributed by atoms with E-state index in [1.165, 1.54) is 0 Å². The van der Waals surface area contributed by atoms with Gasteiger partial charge in [-0.2, -0.15) is 0 Å². The molecule has 0 amide bonds. The normalized spacial score (nSPS) is 10.8. The van der Waals surface area contributed by atoms with Crippen molar-refractivity contribution in [1.29, 1.82) is 0 Å². The van der Waals surface area contributed by atoms with Gasteiger partial charge in [0.25, 0.3) is 0 Å². The first-order valence-electron chi connectivity index (χ1n) is 5.67. The van der Waals surface area contributed by atoms with Gasteiger partial charge in [0.05, 0.1) is 0 Å². The molecule has 0 aliphatic heterocycles. The van der Waals surface area contributed by atoms with Gasteiger partial charge in [-0.25, -0.2) is 13.9 Å². The molecule has 0 atom stereocenters. The highest BCUT2D eigenvalue weighted by Crippen LogP contribution is 2.22. The Morgan fingerprint density at radius 3 is 3.00 bits per heavy atom. The van der Waals surface area contributed by atoms with Gasteiger partial charge in [-0.05, 0) is 18.2 Å².